The fourth-order valence-corrected chi connectivity index (χ4v) is 12.9. The number of hydrogen-bond donors (Lipinski definition) is 13. The molecule has 1 saturated heterocycles. The van der Waals surface area contributed by atoms with E-state index in [9.17, 15) is 33.9 Å². The average molecular weight is 1280 g/mol. The molecule has 0 aliphatic carbocycles. The Kier molecular flexibility index (Phi) is 25.2. The van der Waals surface area contributed by atoms with E-state index in [2.05, 4.69) is 47.2 Å². The molecule has 7 aromatic rings. The normalized spacial score (nSPS) is 21.3. The lowest BCUT2D eigenvalue weighted by Crippen LogP contribution is -2.62. The quantitative estimate of drug-likeness (QED) is 0.0408. The first-order valence-corrected chi connectivity index (χ1v) is 32.7. The number of aromatic nitrogens is 2. The highest BCUT2D eigenvalue weighted by atomic mass is 33.1. The van der Waals surface area contributed by atoms with Gasteiger partial charge in [-0.3, -0.25) is 43.2 Å². The van der Waals surface area contributed by atoms with E-state index in [4.69, 9.17) is 17.2 Å². The van der Waals surface area contributed by atoms with Gasteiger partial charge in [0, 0.05) is 77.9 Å². The smallest absolute Gasteiger partial charge is 0.245 e. The molecule has 5 aromatic carbocycles. The standard InChI is InChI=1S/C66H79N13O10S2/c1-40(80)58-65(88)76-55(33-43-21-9-4-10-22-43)66(89)79(38-57(69)81)29-30-90-91-39-56(77-59(82)48(68)31-41-17-5-2-6-18-41)64(87)73-52(32-42-19-7-3-8-20-42)61(84)74-54(35-45-37-71-50-26-14-12-24-47(45)50)63(86)75-53(34-44-36-70-49-25-13-11-23-46(44)49)62(85)72-51(60(83)78-58)27-15-16-28-67/h2-14,17-26,36-37,40,48,51-56,58,70-71,80H,15-16,27-35,38-39,67-68H2,1H3,(H2,69,81)(H,72,85)(H,73,87)(H,74,84)(H,75,86)(H,76,88)(H,77,82)(H,78,83)/t40-,48+,51-,52+,53-,54-,55-,56?,58+/m1/s1. The monoisotopic (exact) mass is 1280 g/mol. The molecule has 480 valence electrons. The van der Waals surface area contributed by atoms with Crippen LogP contribution >= 0.6 is 21.6 Å². The van der Waals surface area contributed by atoms with Crippen molar-refractivity contribution in [2.75, 3.05) is 31.1 Å². The number of aromatic amines is 2. The van der Waals surface area contributed by atoms with Crippen LogP contribution in [-0.2, 0) is 75.3 Å². The summed E-state index contributed by atoms with van der Waals surface area (Å²) in [5.74, 6) is -7.28. The molecule has 23 nitrogen and oxygen atoms in total. The molecular weight excluding hydrogens is 1200 g/mol. The van der Waals surface area contributed by atoms with Crippen LogP contribution in [0.4, 0.5) is 0 Å². The van der Waals surface area contributed by atoms with Crippen LogP contribution in [0.15, 0.2) is 152 Å². The number of aliphatic hydroxyl groups excluding tert-OH is 1. The molecule has 3 heterocycles. The van der Waals surface area contributed by atoms with Crippen LogP contribution in [0.25, 0.3) is 21.8 Å². The van der Waals surface area contributed by atoms with Crippen LogP contribution in [0.1, 0.15) is 54.0 Å². The molecule has 1 unspecified atom stereocenters. The van der Waals surface area contributed by atoms with Crippen molar-refractivity contribution in [1.82, 2.24) is 52.1 Å². The summed E-state index contributed by atoms with van der Waals surface area (Å²) in [5, 5.41) is 32.4. The summed E-state index contributed by atoms with van der Waals surface area (Å²) < 4.78 is 0. The molecule has 1 fully saturated rings. The van der Waals surface area contributed by atoms with Crippen molar-refractivity contribution in [3.63, 3.8) is 0 Å². The number of primary amides is 1. The van der Waals surface area contributed by atoms with Gasteiger partial charge in [0.05, 0.1) is 18.7 Å². The highest BCUT2D eigenvalue weighted by Crippen LogP contribution is 2.25. The molecule has 9 atom stereocenters. The number of nitrogens with zero attached hydrogens (tertiary/aromatic N) is 1. The Hall–Kier alpha value is -9.01. The second-order valence-electron chi connectivity index (χ2n) is 22.5. The van der Waals surface area contributed by atoms with E-state index in [0.29, 0.717) is 35.1 Å². The number of amides is 9. The van der Waals surface area contributed by atoms with Crippen LogP contribution < -0.4 is 54.4 Å². The molecule has 8 rings (SSSR count). The fourth-order valence-electron chi connectivity index (χ4n) is 10.8. The van der Waals surface area contributed by atoms with Crippen molar-refractivity contribution in [1.29, 1.82) is 0 Å². The number of para-hydroxylation sites is 2. The van der Waals surface area contributed by atoms with E-state index in [1.165, 1.54) is 22.6 Å². The minimum Gasteiger partial charge on any atom is -0.391 e. The summed E-state index contributed by atoms with van der Waals surface area (Å²) >= 11 is 0. The van der Waals surface area contributed by atoms with Crippen molar-refractivity contribution in [2.24, 2.45) is 17.2 Å². The van der Waals surface area contributed by atoms with Gasteiger partial charge >= 0.3 is 0 Å². The molecule has 1 aliphatic rings. The first kappa shape index (κ1) is 67.9. The van der Waals surface area contributed by atoms with Gasteiger partial charge in [-0.05, 0) is 79.1 Å². The van der Waals surface area contributed by atoms with Crippen LogP contribution in [0.5, 0.6) is 0 Å². The number of hydrogen-bond acceptors (Lipinski definition) is 14. The maximum Gasteiger partial charge on any atom is 0.245 e. The van der Waals surface area contributed by atoms with E-state index in [-0.39, 0.29) is 63.1 Å². The molecule has 9 amide bonds. The Morgan fingerprint density at radius 3 is 1.56 bits per heavy atom. The van der Waals surface area contributed by atoms with Gasteiger partial charge in [-0.15, -0.1) is 0 Å². The van der Waals surface area contributed by atoms with Gasteiger partial charge in [-0.25, -0.2) is 0 Å². The zero-order chi connectivity index (χ0) is 64.8. The molecule has 0 bridgehead atoms. The highest BCUT2D eigenvalue weighted by Gasteiger charge is 2.37. The molecule has 25 heteroatoms. The summed E-state index contributed by atoms with van der Waals surface area (Å²) in [6.45, 7) is 0.832. The molecule has 1 aliphatic heterocycles. The third-order valence-electron chi connectivity index (χ3n) is 15.6. The van der Waals surface area contributed by atoms with Gasteiger partial charge < -0.3 is 74.4 Å². The number of unbranched alkanes of at least 4 members (excludes halogenated alkanes) is 1. The lowest BCUT2D eigenvalue weighted by molar-refractivity contribution is -0.140. The van der Waals surface area contributed by atoms with Crippen molar-refractivity contribution < 1.29 is 48.3 Å². The zero-order valence-corrected chi connectivity index (χ0v) is 52.1. The first-order chi connectivity index (χ1) is 43.9. The van der Waals surface area contributed by atoms with Crippen molar-refractivity contribution in [2.45, 2.75) is 113 Å². The maximum atomic E-state index is 15.4. The van der Waals surface area contributed by atoms with Crippen LogP contribution in [-0.4, -0.2) is 159 Å². The Labute approximate surface area is 535 Å². The van der Waals surface area contributed by atoms with Crippen molar-refractivity contribution in [3.8, 4) is 0 Å². The number of carbonyl (C=O) groups excluding carboxylic acids is 9. The molecule has 0 radical (unpaired) electrons. The number of aliphatic hydroxyl groups is 1. The molecule has 0 spiro atoms. The Bertz CT molecular complexity index is 3610. The van der Waals surface area contributed by atoms with E-state index in [1.807, 2.05) is 78.9 Å². The Morgan fingerprint density at radius 2 is 1.03 bits per heavy atom. The minimum absolute atomic E-state index is 0.0109. The van der Waals surface area contributed by atoms with Crippen LogP contribution in [0.2, 0.25) is 0 Å². The van der Waals surface area contributed by atoms with E-state index >= 15 is 14.4 Å². The van der Waals surface area contributed by atoms with E-state index in [0.717, 1.165) is 38.2 Å². The number of nitrogens with one attached hydrogen (secondary N) is 9. The Morgan fingerprint density at radius 1 is 0.571 bits per heavy atom. The number of fused-ring (bicyclic) bond motifs is 2. The second-order valence-corrected chi connectivity index (χ2v) is 25.1. The van der Waals surface area contributed by atoms with Crippen LogP contribution in [0, 0.1) is 0 Å². The summed E-state index contributed by atoms with van der Waals surface area (Å²) in [4.78, 5) is 139. The highest BCUT2D eigenvalue weighted by molar-refractivity contribution is 8.76. The predicted octanol–water partition coefficient (Wildman–Crippen LogP) is 2.10. The van der Waals surface area contributed by atoms with Gasteiger partial charge in [0.15, 0.2) is 0 Å². The van der Waals surface area contributed by atoms with Gasteiger partial charge in [-0.2, -0.15) is 0 Å². The maximum absolute atomic E-state index is 15.4. The number of carbonyl (C=O) groups is 9. The lowest BCUT2D eigenvalue weighted by Gasteiger charge is -2.30. The number of nitrogens with two attached hydrogens (primary N) is 3. The number of rotatable bonds is 19. The Balaban J connectivity index is 1.20. The van der Waals surface area contributed by atoms with E-state index in [1.54, 1.807) is 73.1 Å². The summed E-state index contributed by atoms with van der Waals surface area (Å²) in [5.41, 5.74) is 22.9. The largest absolute Gasteiger partial charge is 0.391 e. The molecule has 0 saturated carbocycles. The van der Waals surface area contributed by atoms with Crippen molar-refractivity contribution >= 4 is 96.6 Å². The number of H-pyrrole nitrogens is 2. The zero-order valence-electron chi connectivity index (χ0n) is 50.4. The topological polar surface area (TPSA) is 371 Å². The van der Waals surface area contributed by atoms with Gasteiger partial charge in [0.25, 0.3) is 0 Å². The second kappa shape index (κ2) is 33.7. The van der Waals surface area contributed by atoms with Gasteiger partial charge in [-0.1, -0.05) is 149 Å². The predicted molar refractivity (Wildman–Crippen MR) is 351 cm³/mol. The van der Waals surface area contributed by atoms with E-state index < -0.39 is 114 Å². The average Bonchev–Trinajstić information content (AvgIpc) is 2.15. The molecular formula is C66H79N13O10S2. The third-order valence-corrected chi connectivity index (χ3v) is 18.0. The molecule has 2 aromatic heterocycles. The van der Waals surface area contributed by atoms with Gasteiger partial charge in [0.2, 0.25) is 53.2 Å². The minimum atomic E-state index is -1.71. The van der Waals surface area contributed by atoms with Crippen molar-refractivity contribution in [3.05, 3.63) is 180 Å². The molecule has 16 N–H and O–H groups in total. The van der Waals surface area contributed by atoms with Crippen LogP contribution in [0.3, 0.4) is 0 Å². The summed E-state index contributed by atoms with van der Waals surface area (Å²) in [6, 6.07) is 30.2. The third kappa shape index (κ3) is 19.7. The lowest BCUT2D eigenvalue weighted by atomic mass is 10.00. The summed E-state index contributed by atoms with van der Waals surface area (Å²) in [7, 11) is 2.34. The SMILES string of the molecule is C[C@@H](O)[C@@H]1NC(=O)[C@@H](CCCCN)NC(=O)[C@@H](Cc2c[nH]c3ccccc23)NC(=O)[C@@H](Cc2c[nH]c3ccccc23)NC(=O)[C@H](Cc2ccccc2)NC(=O)C(NC(=O)[C@@H](N)Cc2ccccc2)CSSCCN(CC(N)=O)C(=O)[C@@H](Cc2ccccc2)NC1=O. The first-order valence-electron chi connectivity index (χ1n) is 30.2. The molecule has 91 heavy (non-hydrogen) atoms. The van der Waals surface area contributed by atoms with Gasteiger partial charge in [0.1, 0.15) is 42.3 Å². The summed E-state index contributed by atoms with van der Waals surface area (Å²) in [6.07, 6.45) is 2.26. The fraction of sp³-hybridized carbons (Fsp3) is 0.348. The number of benzene rings is 5.